The lowest BCUT2D eigenvalue weighted by atomic mass is 10.00. The Kier molecular flexibility index (Phi) is 2.86. The highest BCUT2D eigenvalue weighted by Gasteiger charge is 2.13. The second-order valence-electron chi connectivity index (χ2n) is 3.05. The summed E-state index contributed by atoms with van der Waals surface area (Å²) in [6.07, 6.45) is 1.59. The molecule has 0 aromatic carbocycles. The van der Waals surface area contributed by atoms with Crippen molar-refractivity contribution in [3.8, 4) is 11.9 Å². The molecule has 1 aromatic rings. The SMILES string of the molecule is COc1nccc(C#N)c1C(C)C. The van der Waals surface area contributed by atoms with Gasteiger partial charge >= 0.3 is 0 Å². The minimum Gasteiger partial charge on any atom is -0.481 e. The molecule has 68 valence electrons. The molecule has 3 heteroatoms. The average molecular weight is 176 g/mol. The van der Waals surface area contributed by atoms with E-state index < -0.39 is 0 Å². The standard InChI is InChI=1S/C10H12N2O/c1-7(2)9-8(6-11)4-5-12-10(9)13-3/h4-5,7H,1-3H3. The van der Waals surface area contributed by atoms with Gasteiger partial charge in [-0.05, 0) is 12.0 Å². The predicted molar refractivity (Wildman–Crippen MR) is 49.6 cm³/mol. The summed E-state index contributed by atoms with van der Waals surface area (Å²) in [7, 11) is 1.56. The number of aromatic nitrogens is 1. The third kappa shape index (κ3) is 1.78. The van der Waals surface area contributed by atoms with Crippen LogP contribution in [0.3, 0.4) is 0 Å². The van der Waals surface area contributed by atoms with Crippen molar-refractivity contribution in [3.63, 3.8) is 0 Å². The number of hydrogen-bond donors (Lipinski definition) is 0. The van der Waals surface area contributed by atoms with Crippen LogP contribution in [0.5, 0.6) is 5.88 Å². The van der Waals surface area contributed by atoms with Gasteiger partial charge in [0.05, 0.1) is 18.7 Å². The Balaban J connectivity index is 3.32. The molecule has 0 bridgehead atoms. The molecule has 3 nitrogen and oxygen atoms in total. The number of nitrogens with zero attached hydrogens (tertiary/aromatic N) is 2. The van der Waals surface area contributed by atoms with Gasteiger partial charge in [0.2, 0.25) is 5.88 Å². The lowest BCUT2D eigenvalue weighted by Gasteiger charge is -2.11. The van der Waals surface area contributed by atoms with Gasteiger partial charge in [-0.3, -0.25) is 0 Å². The number of pyridine rings is 1. The van der Waals surface area contributed by atoms with Gasteiger partial charge in [-0.2, -0.15) is 5.26 Å². The molecule has 0 spiro atoms. The molecule has 0 amide bonds. The second kappa shape index (κ2) is 3.90. The third-order valence-electron chi connectivity index (χ3n) is 1.84. The van der Waals surface area contributed by atoms with Gasteiger partial charge < -0.3 is 4.74 Å². The van der Waals surface area contributed by atoms with Crippen molar-refractivity contribution in [2.45, 2.75) is 19.8 Å². The van der Waals surface area contributed by atoms with E-state index in [0.29, 0.717) is 11.4 Å². The number of nitriles is 1. The Bertz CT molecular complexity index is 339. The first-order chi connectivity index (χ1) is 6.20. The predicted octanol–water partition coefficient (Wildman–Crippen LogP) is 2.09. The number of rotatable bonds is 2. The summed E-state index contributed by atoms with van der Waals surface area (Å²) in [5, 5.41) is 8.85. The van der Waals surface area contributed by atoms with E-state index in [0.717, 1.165) is 5.56 Å². The summed E-state index contributed by atoms with van der Waals surface area (Å²) in [5.41, 5.74) is 1.52. The van der Waals surface area contributed by atoms with Crippen LogP contribution in [-0.4, -0.2) is 12.1 Å². The maximum Gasteiger partial charge on any atom is 0.217 e. The van der Waals surface area contributed by atoms with E-state index in [4.69, 9.17) is 10.00 Å². The summed E-state index contributed by atoms with van der Waals surface area (Å²) in [6, 6.07) is 3.84. The Hall–Kier alpha value is -1.56. The molecule has 0 aliphatic carbocycles. The van der Waals surface area contributed by atoms with Crippen LogP contribution < -0.4 is 4.74 Å². The van der Waals surface area contributed by atoms with E-state index in [9.17, 15) is 0 Å². The minimum atomic E-state index is 0.248. The summed E-state index contributed by atoms with van der Waals surface area (Å²) in [4.78, 5) is 4.05. The van der Waals surface area contributed by atoms with Crippen molar-refractivity contribution in [2.24, 2.45) is 0 Å². The molecule has 1 aromatic heterocycles. The zero-order chi connectivity index (χ0) is 9.84. The molecule has 0 unspecified atom stereocenters. The minimum absolute atomic E-state index is 0.248. The fourth-order valence-electron chi connectivity index (χ4n) is 1.27. The maximum absolute atomic E-state index is 8.85. The summed E-state index contributed by atoms with van der Waals surface area (Å²) in [5.74, 6) is 0.798. The van der Waals surface area contributed by atoms with Crippen LogP contribution in [0.4, 0.5) is 0 Å². The summed E-state index contributed by atoms with van der Waals surface area (Å²) < 4.78 is 5.09. The molecule has 0 fully saturated rings. The Labute approximate surface area is 78.0 Å². The van der Waals surface area contributed by atoms with Gasteiger partial charge in [0.1, 0.15) is 0 Å². The summed E-state index contributed by atoms with van der Waals surface area (Å²) >= 11 is 0. The van der Waals surface area contributed by atoms with Crippen molar-refractivity contribution >= 4 is 0 Å². The van der Waals surface area contributed by atoms with Gasteiger partial charge in [-0.1, -0.05) is 13.8 Å². The Morgan fingerprint density at radius 1 is 1.54 bits per heavy atom. The van der Waals surface area contributed by atoms with Crippen LogP contribution >= 0.6 is 0 Å². The van der Waals surface area contributed by atoms with Gasteiger partial charge in [0, 0.05) is 11.8 Å². The molecule has 0 aliphatic heterocycles. The van der Waals surface area contributed by atoms with Crippen LogP contribution in [0.15, 0.2) is 12.3 Å². The molecular formula is C10H12N2O. The maximum atomic E-state index is 8.85. The van der Waals surface area contributed by atoms with E-state index in [1.54, 1.807) is 19.4 Å². The van der Waals surface area contributed by atoms with Crippen molar-refractivity contribution in [2.75, 3.05) is 7.11 Å². The fourth-order valence-corrected chi connectivity index (χ4v) is 1.27. The molecule has 13 heavy (non-hydrogen) atoms. The van der Waals surface area contributed by atoms with Crippen molar-refractivity contribution in [1.29, 1.82) is 5.26 Å². The topological polar surface area (TPSA) is 45.9 Å². The summed E-state index contributed by atoms with van der Waals surface area (Å²) in [6.45, 7) is 4.03. The van der Waals surface area contributed by atoms with E-state index in [-0.39, 0.29) is 5.92 Å². The lowest BCUT2D eigenvalue weighted by molar-refractivity contribution is 0.390. The molecule has 0 radical (unpaired) electrons. The lowest BCUT2D eigenvalue weighted by Crippen LogP contribution is -1.99. The van der Waals surface area contributed by atoms with Gasteiger partial charge in [-0.15, -0.1) is 0 Å². The molecule has 0 N–H and O–H groups in total. The molecule has 1 rings (SSSR count). The van der Waals surface area contributed by atoms with E-state index in [1.165, 1.54) is 0 Å². The van der Waals surface area contributed by atoms with E-state index >= 15 is 0 Å². The van der Waals surface area contributed by atoms with Gasteiger partial charge in [0.25, 0.3) is 0 Å². The molecule has 0 saturated heterocycles. The second-order valence-corrected chi connectivity index (χ2v) is 3.05. The average Bonchev–Trinajstić information content (AvgIpc) is 2.16. The number of hydrogen-bond acceptors (Lipinski definition) is 3. The largest absolute Gasteiger partial charge is 0.481 e. The molecule has 1 heterocycles. The van der Waals surface area contributed by atoms with Crippen LogP contribution in [0.25, 0.3) is 0 Å². The van der Waals surface area contributed by atoms with Crippen molar-refractivity contribution < 1.29 is 4.74 Å². The number of methoxy groups -OCH3 is 1. The normalized spacial score (nSPS) is 9.77. The molecular weight excluding hydrogens is 164 g/mol. The third-order valence-corrected chi connectivity index (χ3v) is 1.84. The van der Waals surface area contributed by atoms with E-state index in [1.807, 2.05) is 13.8 Å². The first-order valence-corrected chi connectivity index (χ1v) is 4.13. The van der Waals surface area contributed by atoms with Gasteiger partial charge in [-0.25, -0.2) is 4.98 Å². The van der Waals surface area contributed by atoms with Crippen LogP contribution in [0, 0.1) is 11.3 Å². The van der Waals surface area contributed by atoms with E-state index in [2.05, 4.69) is 11.1 Å². The smallest absolute Gasteiger partial charge is 0.217 e. The first-order valence-electron chi connectivity index (χ1n) is 4.13. The zero-order valence-corrected chi connectivity index (χ0v) is 8.03. The number of ether oxygens (including phenoxy) is 1. The van der Waals surface area contributed by atoms with Crippen molar-refractivity contribution in [3.05, 3.63) is 23.4 Å². The van der Waals surface area contributed by atoms with Crippen LogP contribution in [0.2, 0.25) is 0 Å². The highest BCUT2D eigenvalue weighted by molar-refractivity contribution is 5.44. The monoisotopic (exact) mass is 176 g/mol. The molecule has 0 aliphatic rings. The quantitative estimate of drug-likeness (QED) is 0.693. The van der Waals surface area contributed by atoms with Crippen LogP contribution in [0.1, 0.15) is 30.9 Å². The first kappa shape index (κ1) is 9.53. The zero-order valence-electron chi connectivity index (χ0n) is 8.03. The molecule has 0 atom stereocenters. The fraction of sp³-hybridized carbons (Fsp3) is 0.400. The highest BCUT2D eigenvalue weighted by Crippen LogP contribution is 2.26. The van der Waals surface area contributed by atoms with Gasteiger partial charge in [0.15, 0.2) is 0 Å². The Morgan fingerprint density at radius 2 is 2.23 bits per heavy atom. The highest BCUT2D eigenvalue weighted by atomic mass is 16.5. The Morgan fingerprint density at radius 3 is 2.69 bits per heavy atom. The van der Waals surface area contributed by atoms with Crippen LogP contribution in [-0.2, 0) is 0 Å². The van der Waals surface area contributed by atoms with Crippen molar-refractivity contribution in [1.82, 2.24) is 4.98 Å². The molecule has 0 saturated carbocycles.